The lowest BCUT2D eigenvalue weighted by molar-refractivity contribution is 0.000876. The van der Waals surface area contributed by atoms with E-state index in [4.69, 9.17) is 9.47 Å². The van der Waals surface area contributed by atoms with Gasteiger partial charge in [0.05, 0.1) is 0 Å². The zero-order chi connectivity index (χ0) is 11.1. The Kier molecular flexibility index (Phi) is 2.55. The van der Waals surface area contributed by atoms with E-state index in [0.717, 1.165) is 0 Å². The molecule has 3 nitrogen and oxygen atoms in total. The van der Waals surface area contributed by atoms with Crippen LogP contribution in [0, 0.1) is 10.8 Å². The molecule has 0 bridgehead atoms. The van der Waals surface area contributed by atoms with E-state index in [1.807, 2.05) is 0 Å². The SMILES string of the molecule is CC(C)(C)[C@@H]1OC(=O)O[C@@H]1C(C)(C)C. The second-order valence-electron chi connectivity index (χ2n) is 6.06. The van der Waals surface area contributed by atoms with Crippen LogP contribution in [0.5, 0.6) is 0 Å². The maximum absolute atomic E-state index is 11.1. The fraction of sp³-hybridized carbons (Fsp3) is 0.909. The zero-order valence-electron chi connectivity index (χ0n) is 9.88. The summed E-state index contributed by atoms with van der Waals surface area (Å²) in [5, 5.41) is 0. The van der Waals surface area contributed by atoms with Gasteiger partial charge in [0.1, 0.15) is 12.2 Å². The highest BCUT2D eigenvalue weighted by atomic mass is 16.8. The van der Waals surface area contributed by atoms with Crippen molar-refractivity contribution >= 4 is 6.16 Å². The summed E-state index contributed by atoms with van der Waals surface area (Å²) in [6.45, 7) is 12.3. The van der Waals surface area contributed by atoms with Crippen molar-refractivity contribution in [3.05, 3.63) is 0 Å². The molecule has 0 aromatic rings. The first-order valence-corrected chi connectivity index (χ1v) is 4.99. The quantitative estimate of drug-likeness (QED) is 0.564. The number of ether oxygens (including phenoxy) is 2. The normalized spacial score (nSPS) is 28.6. The lowest BCUT2D eigenvalue weighted by Crippen LogP contribution is -2.42. The van der Waals surface area contributed by atoms with Crippen LogP contribution >= 0.6 is 0 Å². The van der Waals surface area contributed by atoms with Gasteiger partial charge in [-0.2, -0.15) is 0 Å². The molecule has 3 heteroatoms. The third kappa shape index (κ3) is 2.20. The molecule has 0 aromatic heterocycles. The number of cyclic esters (lactones) is 2. The number of hydrogen-bond donors (Lipinski definition) is 0. The fourth-order valence-corrected chi connectivity index (χ4v) is 1.62. The summed E-state index contributed by atoms with van der Waals surface area (Å²) in [4.78, 5) is 11.1. The number of carbonyl (C=O) groups is 1. The van der Waals surface area contributed by atoms with Crippen LogP contribution in [0.15, 0.2) is 0 Å². The van der Waals surface area contributed by atoms with E-state index in [0.29, 0.717) is 0 Å². The topological polar surface area (TPSA) is 35.5 Å². The molecule has 1 aliphatic heterocycles. The van der Waals surface area contributed by atoms with Gasteiger partial charge >= 0.3 is 6.16 Å². The maximum atomic E-state index is 11.1. The molecular formula is C11H20O3. The second-order valence-corrected chi connectivity index (χ2v) is 6.06. The lowest BCUT2D eigenvalue weighted by Gasteiger charge is -2.34. The van der Waals surface area contributed by atoms with Gasteiger partial charge in [-0.1, -0.05) is 41.5 Å². The van der Waals surface area contributed by atoms with Crippen LogP contribution in [0.4, 0.5) is 4.79 Å². The van der Waals surface area contributed by atoms with Gasteiger partial charge < -0.3 is 9.47 Å². The molecule has 0 saturated carbocycles. The molecule has 1 heterocycles. The predicted octanol–water partition coefficient (Wildman–Crippen LogP) is 2.98. The first-order valence-electron chi connectivity index (χ1n) is 4.99. The van der Waals surface area contributed by atoms with Crippen LogP contribution in [-0.4, -0.2) is 18.4 Å². The van der Waals surface area contributed by atoms with Gasteiger partial charge in [0, 0.05) is 10.8 Å². The second kappa shape index (κ2) is 3.14. The van der Waals surface area contributed by atoms with Crippen LogP contribution in [0.3, 0.4) is 0 Å². The highest BCUT2D eigenvalue weighted by Gasteiger charge is 2.49. The Morgan fingerprint density at radius 1 is 0.857 bits per heavy atom. The Morgan fingerprint density at radius 3 is 1.36 bits per heavy atom. The Labute approximate surface area is 85.8 Å². The first kappa shape index (κ1) is 11.3. The minimum atomic E-state index is -0.537. The van der Waals surface area contributed by atoms with Gasteiger partial charge in [-0.05, 0) is 0 Å². The average Bonchev–Trinajstić information content (AvgIpc) is 2.27. The number of rotatable bonds is 0. The summed E-state index contributed by atoms with van der Waals surface area (Å²) >= 11 is 0. The van der Waals surface area contributed by atoms with Gasteiger partial charge in [0.25, 0.3) is 0 Å². The van der Waals surface area contributed by atoms with Crippen molar-refractivity contribution in [3.8, 4) is 0 Å². The van der Waals surface area contributed by atoms with Gasteiger partial charge in [0.2, 0.25) is 0 Å². The predicted molar refractivity (Wildman–Crippen MR) is 54.1 cm³/mol. The zero-order valence-corrected chi connectivity index (χ0v) is 9.88. The molecule has 14 heavy (non-hydrogen) atoms. The molecule has 1 rings (SSSR count). The molecule has 0 N–H and O–H groups in total. The van der Waals surface area contributed by atoms with Crippen molar-refractivity contribution in [2.75, 3.05) is 0 Å². The van der Waals surface area contributed by atoms with E-state index < -0.39 is 6.16 Å². The Morgan fingerprint density at radius 2 is 1.14 bits per heavy atom. The van der Waals surface area contributed by atoms with E-state index in [9.17, 15) is 4.79 Å². The van der Waals surface area contributed by atoms with Crippen molar-refractivity contribution < 1.29 is 14.3 Å². The molecular weight excluding hydrogens is 180 g/mol. The average molecular weight is 200 g/mol. The highest BCUT2D eigenvalue weighted by Crippen LogP contribution is 2.39. The van der Waals surface area contributed by atoms with E-state index in [1.165, 1.54) is 0 Å². The molecule has 82 valence electrons. The Balaban J connectivity index is 2.89. The summed E-state index contributed by atoms with van der Waals surface area (Å²) < 4.78 is 10.4. The molecule has 0 spiro atoms. The van der Waals surface area contributed by atoms with Crippen molar-refractivity contribution in [2.24, 2.45) is 10.8 Å². The molecule has 1 aliphatic rings. The monoisotopic (exact) mass is 200 g/mol. The van der Waals surface area contributed by atoms with Crippen molar-refractivity contribution in [3.63, 3.8) is 0 Å². The van der Waals surface area contributed by atoms with Crippen LogP contribution in [0.1, 0.15) is 41.5 Å². The summed E-state index contributed by atoms with van der Waals surface area (Å²) in [6, 6.07) is 0. The van der Waals surface area contributed by atoms with E-state index in [1.54, 1.807) is 0 Å². The molecule has 0 radical (unpaired) electrons. The van der Waals surface area contributed by atoms with Crippen LogP contribution in [0.25, 0.3) is 0 Å². The van der Waals surface area contributed by atoms with Crippen LogP contribution in [-0.2, 0) is 9.47 Å². The molecule has 0 amide bonds. The Bertz CT molecular complexity index is 208. The third-order valence-corrected chi connectivity index (χ3v) is 2.43. The van der Waals surface area contributed by atoms with Crippen LogP contribution < -0.4 is 0 Å². The molecule has 2 atom stereocenters. The minimum Gasteiger partial charge on any atom is -0.426 e. The van der Waals surface area contributed by atoms with E-state index >= 15 is 0 Å². The Hall–Kier alpha value is -0.730. The smallest absolute Gasteiger partial charge is 0.426 e. The third-order valence-electron chi connectivity index (χ3n) is 2.43. The summed E-state index contributed by atoms with van der Waals surface area (Å²) in [5.74, 6) is 0. The van der Waals surface area contributed by atoms with E-state index in [-0.39, 0.29) is 23.0 Å². The summed E-state index contributed by atoms with van der Waals surface area (Å²) in [6.07, 6.45) is -0.852. The number of carbonyl (C=O) groups excluding carboxylic acids is 1. The van der Waals surface area contributed by atoms with Crippen molar-refractivity contribution in [1.29, 1.82) is 0 Å². The van der Waals surface area contributed by atoms with Crippen LogP contribution in [0.2, 0.25) is 0 Å². The van der Waals surface area contributed by atoms with Gasteiger partial charge in [0.15, 0.2) is 0 Å². The van der Waals surface area contributed by atoms with Crippen molar-refractivity contribution in [1.82, 2.24) is 0 Å². The highest BCUT2D eigenvalue weighted by molar-refractivity contribution is 5.62. The van der Waals surface area contributed by atoms with Gasteiger partial charge in [-0.15, -0.1) is 0 Å². The standard InChI is InChI=1S/C11H20O3/c1-10(2,3)7-8(11(4,5)6)14-9(12)13-7/h7-8H,1-6H3/t7-,8+. The minimum absolute atomic E-state index is 0.0793. The molecule has 0 aliphatic carbocycles. The molecule has 1 fully saturated rings. The fourth-order valence-electron chi connectivity index (χ4n) is 1.62. The summed E-state index contributed by atoms with van der Waals surface area (Å²) in [5.41, 5.74) is -0.159. The number of hydrogen-bond acceptors (Lipinski definition) is 3. The summed E-state index contributed by atoms with van der Waals surface area (Å²) in [7, 11) is 0. The van der Waals surface area contributed by atoms with Crippen molar-refractivity contribution in [2.45, 2.75) is 53.8 Å². The molecule has 1 saturated heterocycles. The first-order chi connectivity index (χ1) is 6.12. The largest absolute Gasteiger partial charge is 0.509 e. The maximum Gasteiger partial charge on any atom is 0.509 e. The van der Waals surface area contributed by atoms with Gasteiger partial charge in [-0.25, -0.2) is 4.79 Å². The molecule has 0 aromatic carbocycles. The lowest BCUT2D eigenvalue weighted by atomic mass is 9.76. The van der Waals surface area contributed by atoms with E-state index in [2.05, 4.69) is 41.5 Å². The molecule has 0 unspecified atom stereocenters. The van der Waals surface area contributed by atoms with Gasteiger partial charge in [-0.3, -0.25) is 0 Å².